The molecule has 78 valence electrons. The highest BCUT2D eigenvalue weighted by molar-refractivity contribution is 7.98. The third-order valence-electron chi connectivity index (χ3n) is 2.30. The number of hydrogen-bond donors (Lipinski definition) is 0. The van der Waals surface area contributed by atoms with Gasteiger partial charge in [-0.3, -0.25) is 0 Å². The standard InChI is InChI=1S/C13H10N2S/c1-16-13-11(7-8-15-12(13)9-14)10-5-3-2-4-6-10/h2-8H,1H3. The van der Waals surface area contributed by atoms with Crippen molar-refractivity contribution < 1.29 is 0 Å². The molecule has 2 aromatic rings. The number of pyridine rings is 1. The molecule has 0 radical (unpaired) electrons. The third kappa shape index (κ3) is 1.93. The van der Waals surface area contributed by atoms with Crippen LogP contribution in [0.1, 0.15) is 5.69 Å². The molecule has 0 amide bonds. The summed E-state index contributed by atoms with van der Waals surface area (Å²) >= 11 is 1.56. The van der Waals surface area contributed by atoms with Crippen molar-refractivity contribution in [3.63, 3.8) is 0 Å². The molecule has 16 heavy (non-hydrogen) atoms. The molecular formula is C13H10N2S. The normalized spacial score (nSPS) is 9.75. The molecule has 1 aromatic heterocycles. The van der Waals surface area contributed by atoms with Gasteiger partial charge in [-0.25, -0.2) is 4.98 Å². The second-order valence-electron chi connectivity index (χ2n) is 3.22. The van der Waals surface area contributed by atoms with Crippen molar-refractivity contribution >= 4 is 11.8 Å². The fourth-order valence-corrected chi connectivity index (χ4v) is 2.28. The van der Waals surface area contributed by atoms with E-state index < -0.39 is 0 Å². The second-order valence-corrected chi connectivity index (χ2v) is 4.03. The van der Waals surface area contributed by atoms with Crippen LogP contribution in [0.5, 0.6) is 0 Å². The fraction of sp³-hybridized carbons (Fsp3) is 0.0769. The Morgan fingerprint density at radius 3 is 2.56 bits per heavy atom. The topological polar surface area (TPSA) is 36.7 Å². The molecule has 2 nitrogen and oxygen atoms in total. The molecule has 2 rings (SSSR count). The van der Waals surface area contributed by atoms with Crippen molar-refractivity contribution in [3.05, 3.63) is 48.3 Å². The van der Waals surface area contributed by atoms with Crippen LogP contribution < -0.4 is 0 Å². The van der Waals surface area contributed by atoms with Crippen LogP contribution in [0.15, 0.2) is 47.5 Å². The monoisotopic (exact) mass is 226 g/mol. The summed E-state index contributed by atoms with van der Waals surface area (Å²) in [5.41, 5.74) is 2.68. The number of rotatable bonds is 2. The number of hydrogen-bond acceptors (Lipinski definition) is 3. The Morgan fingerprint density at radius 1 is 1.19 bits per heavy atom. The van der Waals surface area contributed by atoms with Crippen molar-refractivity contribution in [2.24, 2.45) is 0 Å². The van der Waals surface area contributed by atoms with E-state index in [1.807, 2.05) is 42.7 Å². The summed E-state index contributed by atoms with van der Waals surface area (Å²) in [5.74, 6) is 0. The van der Waals surface area contributed by atoms with Gasteiger partial charge in [0.2, 0.25) is 0 Å². The number of aromatic nitrogens is 1. The maximum atomic E-state index is 9.00. The highest BCUT2D eigenvalue weighted by Gasteiger charge is 2.09. The van der Waals surface area contributed by atoms with Gasteiger partial charge < -0.3 is 0 Å². The van der Waals surface area contributed by atoms with Gasteiger partial charge in [0.15, 0.2) is 5.69 Å². The molecule has 0 saturated carbocycles. The van der Waals surface area contributed by atoms with Crippen molar-refractivity contribution in [1.82, 2.24) is 4.98 Å². The first-order chi connectivity index (χ1) is 7.86. The van der Waals surface area contributed by atoms with Gasteiger partial charge >= 0.3 is 0 Å². The Kier molecular flexibility index (Phi) is 3.23. The Labute approximate surface area is 99.0 Å². The van der Waals surface area contributed by atoms with E-state index in [1.54, 1.807) is 18.0 Å². The Morgan fingerprint density at radius 2 is 1.94 bits per heavy atom. The fourth-order valence-electron chi connectivity index (χ4n) is 1.58. The summed E-state index contributed by atoms with van der Waals surface area (Å²) in [7, 11) is 0. The predicted octanol–water partition coefficient (Wildman–Crippen LogP) is 3.34. The van der Waals surface area contributed by atoms with E-state index in [0.29, 0.717) is 5.69 Å². The molecule has 1 aromatic carbocycles. The lowest BCUT2D eigenvalue weighted by molar-refractivity contribution is 1.18. The zero-order valence-corrected chi connectivity index (χ0v) is 9.66. The summed E-state index contributed by atoms with van der Waals surface area (Å²) in [6.45, 7) is 0. The van der Waals surface area contributed by atoms with Crippen LogP contribution in [0.2, 0.25) is 0 Å². The zero-order valence-electron chi connectivity index (χ0n) is 8.84. The molecule has 0 fully saturated rings. The quantitative estimate of drug-likeness (QED) is 0.737. The van der Waals surface area contributed by atoms with Gasteiger partial charge in [0.05, 0.1) is 4.90 Å². The molecule has 0 aliphatic heterocycles. The van der Waals surface area contributed by atoms with E-state index in [9.17, 15) is 0 Å². The molecule has 0 atom stereocenters. The molecule has 0 bridgehead atoms. The molecule has 0 N–H and O–H groups in total. The van der Waals surface area contributed by atoms with Crippen LogP contribution in [0.3, 0.4) is 0 Å². The first-order valence-corrected chi connectivity index (χ1v) is 6.08. The van der Waals surface area contributed by atoms with Crippen LogP contribution in [0, 0.1) is 11.3 Å². The number of nitrogens with zero attached hydrogens (tertiary/aromatic N) is 2. The van der Waals surface area contributed by atoms with Crippen molar-refractivity contribution in [3.8, 4) is 17.2 Å². The van der Waals surface area contributed by atoms with E-state index in [0.717, 1.165) is 16.0 Å². The number of benzene rings is 1. The van der Waals surface area contributed by atoms with Crippen molar-refractivity contribution in [2.45, 2.75) is 4.90 Å². The van der Waals surface area contributed by atoms with E-state index in [-0.39, 0.29) is 0 Å². The zero-order chi connectivity index (χ0) is 11.4. The number of nitriles is 1. The van der Waals surface area contributed by atoms with Gasteiger partial charge in [-0.05, 0) is 23.4 Å². The van der Waals surface area contributed by atoms with Gasteiger partial charge in [-0.2, -0.15) is 5.26 Å². The second kappa shape index (κ2) is 4.82. The smallest absolute Gasteiger partial charge is 0.154 e. The lowest BCUT2D eigenvalue weighted by Crippen LogP contribution is -1.90. The summed E-state index contributed by atoms with van der Waals surface area (Å²) in [6, 6.07) is 14.1. The van der Waals surface area contributed by atoms with E-state index in [2.05, 4.69) is 11.1 Å². The Bertz CT molecular complexity index is 529. The van der Waals surface area contributed by atoms with Crippen LogP contribution >= 0.6 is 11.8 Å². The summed E-state index contributed by atoms with van der Waals surface area (Å²) in [4.78, 5) is 5.01. The highest BCUT2D eigenvalue weighted by Crippen LogP contribution is 2.31. The molecular weight excluding hydrogens is 216 g/mol. The first-order valence-electron chi connectivity index (χ1n) is 4.85. The molecule has 3 heteroatoms. The van der Waals surface area contributed by atoms with Gasteiger partial charge in [0.25, 0.3) is 0 Å². The van der Waals surface area contributed by atoms with Gasteiger partial charge in [-0.1, -0.05) is 30.3 Å². The molecule has 0 aliphatic rings. The maximum Gasteiger partial charge on any atom is 0.154 e. The van der Waals surface area contributed by atoms with Gasteiger partial charge in [0, 0.05) is 6.20 Å². The molecule has 0 saturated heterocycles. The van der Waals surface area contributed by atoms with E-state index in [1.165, 1.54) is 0 Å². The van der Waals surface area contributed by atoms with Gasteiger partial charge in [0.1, 0.15) is 6.07 Å². The maximum absolute atomic E-state index is 9.00. The lowest BCUT2D eigenvalue weighted by atomic mass is 10.1. The van der Waals surface area contributed by atoms with Crippen molar-refractivity contribution in [2.75, 3.05) is 6.26 Å². The molecule has 0 unspecified atom stereocenters. The number of thioether (sulfide) groups is 1. The van der Waals surface area contributed by atoms with E-state index in [4.69, 9.17) is 5.26 Å². The molecule has 1 heterocycles. The average molecular weight is 226 g/mol. The third-order valence-corrected chi connectivity index (χ3v) is 3.12. The minimum Gasteiger partial charge on any atom is -0.244 e. The highest BCUT2D eigenvalue weighted by atomic mass is 32.2. The SMILES string of the molecule is CSc1c(-c2ccccc2)ccnc1C#N. The first kappa shape index (κ1) is 10.7. The summed E-state index contributed by atoms with van der Waals surface area (Å²) in [5, 5.41) is 9.00. The van der Waals surface area contributed by atoms with Crippen LogP contribution in [-0.4, -0.2) is 11.2 Å². The predicted molar refractivity (Wildman–Crippen MR) is 66.2 cm³/mol. The largest absolute Gasteiger partial charge is 0.244 e. The molecule has 0 spiro atoms. The van der Waals surface area contributed by atoms with E-state index >= 15 is 0 Å². The minimum atomic E-state index is 0.494. The summed E-state index contributed by atoms with van der Waals surface area (Å²) < 4.78 is 0. The lowest BCUT2D eigenvalue weighted by Gasteiger charge is -2.07. The average Bonchev–Trinajstić information content (AvgIpc) is 2.38. The van der Waals surface area contributed by atoms with Crippen LogP contribution in [0.25, 0.3) is 11.1 Å². The summed E-state index contributed by atoms with van der Waals surface area (Å²) in [6.07, 6.45) is 3.64. The van der Waals surface area contributed by atoms with Crippen LogP contribution in [0.4, 0.5) is 0 Å². The van der Waals surface area contributed by atoms with Crippen molar-refractivity contribution in [1.29, 1.82) is 5.26 Å². The Balaban J connectivity index is 2.62. The Hall–Kier alpha value is -1.79. The van der Waals surface area contributed by atoms with Gasteiger partial charge in [-0.15, -0.1) is 11.8 Å². The molecule has 0 aliphatic carbocycles. The van der Waals surface area contributed by atoms with Crippen LogP contribution in [-0.2, 0) is 0 Å². The minimum absolute atomic E-state index is 0.494.